The van der Waals surface area contributed by atoms with Crippen molar-refractivity contribution >= 4 is 11.6 Å². The van der Waals surface area contributed by atoms with Gasteiger partial charge in [-0.2, -0.15) is 5.10 Å². The van der Waals surface area contributed by atoms with Crippen molar-refractivity contribution in [2.45, 2.75) is 19.5 Å². The Morgan fingerprint density at radius 2 is 2.29 bits per heavy atom. The first-order chi connectivity index (χ1) is 8.19. The fraction of sp³-hybridized carbons (Fsp3) is 0.455. The van der Waals surface area contributed by atoms with Crippen LogP contribution in [0.15, 0.2) is 18.6 Å². The molecule has 1 unspecified atom stereocenters. The van der Waals surface area contributed by atoms with Gasteiger partial charge in [-0.15, -0.1) is 0 Å². The van der Waals surface area contributed by atoms with Crippen LogP contribution < -0.4 is 5.32 Å². The SMILES string of the molecule is CCn1ncc(Cl)c1C(NC)c1nccn1C. The van der Waals surface area contributed by atoms with Gasteiger partial charge in [-0.05, 0) is 14.0 Å². The molecule has 0 amide bonds. The number of aromatic nitrogens is 4. The summed E-state index contributed by atoms with van der Waals surface area (Å²) in [6.07, 6.45) is 5.37. The van der Waals surface area contributed by atoms with Crippen molar-refractivity contribution in [3.63, 3.8) is 0 Å². The van der Waals surface area contributed by atoms with Crippen molar-refractivity contribution in [2.24, 2.45) is 7.05 Å². The van der Waals surface area contributed by atoms with Gasteiger partial charge in [0.2, 0.25) is 0 Å². The molecular weight excluding hydrogens is 238 g/mol. The zero-order valence-electron chi connectivity index (χ0n) is 10.2. The van der Waals surface area contributed by atoms with Gasteiger partial charge in [0.15, 0.2) is 0 Å². The second-order valence-corrected chi connectivity index (χ2v) is 4.22. The Hall–Kier alpha value is -1.33. The minimum Gasteiger partial charge on any atom is -0.336 e. The van der Waals surface area contributed by atoms with E-state index in [0.29, 0.717) is 5.02 Å². The Balaban J connectivity index is 2.49. The maximum atomic E-state index is 6.21. The summed E-state index contributed by atoms with van der Waals surface area (Å²) in [5.41, 5.74) is 0.950. The van der Waals surface area contributed by atoms with E-state index in [2.05, 4.69) is 15.4 Å². The van der Waals surface area contributed by atoms with E-state index < -0.39 is 0 Å². The van der Waals surface area contributed by atoms with Crippen LogP contribution >= 0.6 is 11.6 Å². The molecule has 6 heteroatoms. The highest BCUT2D eigenvalue weighted by atomic mass is 35.5. The van der Waals surface area contributed by atoms with Gasteiger partial charge in [0.05, 0.1) is 16.9 Å². The lowest BCUT2D eigenvalue weighted by atomic mass is 10.2. The van der Waals surface area contributed by atoms with Crippen LogP contribution in [0.5, 0.6) is 0 Å². The normalized spacial score (nSPS) is 12.9. The second kappa shape index (κ2) is 4.89. The molecule has 0 spiro atoms. The standard InChI is InChI=1S/C11H16ClN5/c1-4-17-10(8(12)7-15-17)9(13-2)11-14-5-6-16(11)3/h5-7,9,13H,4H2,1-3H3. The maximum Gasteiger partial charge on any atom is 0.131 e. The fourth-order valence-corrected chi connectivity index (χ4v) is 2.20. The average molecular weight is 254 g/mol. The van der Waals surface area contributed by atoms with Gasteiger partial charge in [0, 0.05) is 26.0 Å². The topological polar surface area (TPSA) is 47.7 Å². The molecule has 0 fully saturated rings. The molecule has 2 heterocycles. The van der Waals surface area contributed by atoms with E-state index in [4.69, 9.17) is 11.6 Å². The third-order valence-corrected chi connectivity index (χ3v) is 3.10. The van der Waals surface area contributed by atoms with Crippen LogP contribution in [-0.2, 0) is 13.6 Å². The van der Waals surface area contributed by atoms with Gasteiger partial charge in [-0.3, -0.25) is 4.68 Å². The molecule has 0 saturated heterocycles. The van der Waals surface area contributed by atoms with Crippen molar-refractivity contribution in [3.8, 4) is 0 Å². The maximum absolute atomic E-state index is 6.21. The zero-order valence-corrected chi connectivity index (χ0v) is 10.9. The minimum atomic E-state index is -0.0510. The molecule has 2 rings (SSSR count). The molecule has 0 aliphatic heterocycles. The highest BCUT2D eigenvalue weighted by Gasteiger charge is 2.23. The van der Waals surface area contributed by atoms with Gasteiger partial charge in [-0.25, -0.2) is 4.98 Å². The number of rotatable bonds is 4. The first-order valence-corrected chi connectivity index (χ1v) is 5.92. The number of nitrogens with zero attached hydrogens (tertiary/aromatic N) is 4. The van der Waals surface area contributed by atoms with Crippen molar-refractivity contribution in [1.82, 2.24) is 24.6 Å². The zero-order chi connectivity index (χ0) is 12.4. The average Bonchev–Trinajstić information content (AvgIpc) is 2.89. The van der Waals surface area contributed by atoms with Crippen LogP contribution in [-0.4, -0.2) is 26.4 Å². The molecule has 0 radical (unpaired) electrons. The Morgan fingerprint density at radius 1 is 1.53 bits per heavy atom. The summed E-state index contributed by atoms with van der Waals surface area (Å²) in [7, 11) is 3.86. The van der Waals surface area contributed by atoms with Gasteiger partial charge in [0.25, 0.3) is 0 Å². The van der Waals surface area contributed by atoms with Gasteiger partial charge in [0.1, 0.15) is 11.9 Å². The summed E-state index contributed by atoms with van der Waals surface area (Å²) in [5.74, 6) is 0.921. The molecule has 17 heavy (non-hydrogen) atoms. The minimum absolute atomic E-state index is 0.0510. The van der Waals surface area contributed by atoms with Crippen LogP contribution in [0, 0.1) is 0 Å². The predicted molar refractivity (Wildman–Crippen MR) is 67.0 cm³/mol. The van der Waals surface area contributed by atoms with Crippen molar-refractivity contribution in [1.29, 1.82) is 0 Å². The lowest BCUT2D eigenvalue weighted by Crippen LogP contribution is -2.24. The number of aryl methyl sites for hydroxylation is 2. The molecule has 2 aromatic heterocycles. The van der Waals surface area contributed by atoms with E-state index >= 15 is 0 Å². The third-order valence-electron chi connectivity index (χ3n) is 2.81. The summed E-state index contributed by atoms with van der Waals surface area (Å²) in [5, 5.41) is 8.15. The van der Waals surface area contributed by atoms with E-state index in [9.17, 15) is 0 Å². The largest absolute Gasteiger partial charge is 0.336 e. The van der Waals surface area contributed by atoms with E-state index in [-0.39, 0.29) is 6.04 Å². The van der Waals surface area contributed by atoms with Crippen LogP contribution in [0.1, 0.15) is 24.5 Å². The molecular formula is C11H16ClN5. The van der Waals surface area contributed by atoms with E-state index in [0.717, 1.165) is 18.1 Å². The molecule has 0 bridgehead atoms. The quantitative estimate of drug-likeness (QED) is 0.900. The first kappa shape index (κ1) is 12.1. The Labute approximate surface area is 105 Å². The number of hydrogen-bond donors (Lipinski definition) is 1. The molecule has 1 atom stereocenters. The van der Waals surface area contributed by atoms with Crippen LogP contribution in [0.4, 0.5) is 0 Å². The molecule has 0 aliphatic carbocycles. The number of nitrogens with one attached hydrogen (secondary N) is 1. The molecule has 92 valence electrons. The fourth-order valence-electron chi connectivity index (χ4n) is 1.95. The van der Waals surface area contributed by atoms with Crippen molar-refractivity contribution < 1.29 is 0 Å². The number of hydrogen-bond acceptors (Lipinski definition) is 3. The molecule has 5 nitrogen and oxygen atoms in total. The third kappa shape index (κ3) is 2.08. The lowest BCUT2D eigenvalue weighted by Gasteiger charge is -2.17. The van der Waals surface area contributed by atoms with E-state index in [1.54, 1.807) is 12.4 Å². The Bertz CT molecular complexity index is 502. The van der Waals surface area contributed by atoms with E-state index in [1.165, 1.54) is 0 Å². The second-order valence-electron chi connectivity index (χ2n) is 3.81. The lowest BCUT2D eigenvalue weighted by molar-refractivity contribution is 0.535. The molecule has 0 saturated carbocycles. The Morgan fingerprint density at radius 3 is 2.82 bits per heavy atom. The smallest absolute Gasteiger partial charge is 0.131 e. The van der Waals surface area contributed by atoms with Crippen molar-refractivity contribution in [3.05, 3.63) is 35.1 Å². The molecule has 1 N–H and O–H groups in total. The summed E-state index contributed by atoms with van der Waals surface area (Å²) >= 11 is 6.21. The monoisotopic (exact) mass is 253 g/mol. The Kier molecular flexibility index (Phi) is 3.49. The summed E-state index contributed by atoms with van der Waals surface area (Å²) in [6, 6.07) is -0.0510. The van der Waals surface area contributed by atoms with Gasteiger partial charge >= 0.3 is 0 Å². The summed E-state index contributed by atoms with van der Waals surface area (Å²) in [4.78, 5) is 4.36. The van der Waals surface area contributed by atoms with Crippen LogP contribution in [0.2, 0.25) is 5.02 Å². The predicted octanol–water partition coefficient (Wildman–Crippen LogP) is 1.60. The van der Waals surface area contributed by atoms with Crippen LogP contribution in [0.25, 0.3) is 0 Å². The summed E-state index contributed by atoms with van der Waals surface area (Å²) in [6.45, 7) is 2.82. The van der Waals surface area contributed by atoms with Gasteiger partial charge < -0.3 is 9.88 Å². The molecule has 0 aliphatic rings. The number of halogens is 1. The molecule has 0 aromatic carbocycles. The first-order valence-electron chi connectivity index (χ1n) is 5.54. The van der Waals surface area contributed by atoms with Crippen LogP contribution in [0.3, 0.4) is 0 Å². The number of imidazole rings is 1. The highest BCUT2D eigenvalue weighted by molar-refractivity contribution is 6.31. The summed E-state index contributed by atoms with van der Waals surface area (Å²) < 4.78 is 3.86. The van der Waals surface area contributed by atoms with Crippen molar-refractivity contribution in [2.75, 3.05) is 7.05 Å². The van der Waals surface area contributed by atoms with Gasteiger partial charge in [-0.1, -0.05) is 11.6 Å². The highest BCUT2D eigenvalue weighted by Crippen LogP contribution is 2.26. The van der Waals surface area contributed by atoms with E-state index in [1.807, 2.05) is 36.5 Å². The molecule has 2 aromatic rings.